The normalized spacial score (nSPS) is 17.4. The summed E-state index contributed by atoms with van der Waals surface area (Å²) >= 11 is 0. The van der Waals surface area contributed by atoms with E-state index in [-0.39, 0.29) is 11.7 Å². The van der Waals surface area contributed by atoms with Crippen LogP contribution in [0.4, 0.5) is 5.69 Å². The number of amides is 1. The molecule has 0 radical (unpaired) electrons. The molecule has 114 valence electrons. The van der Waals surface area contributed by atoms with Crippen LogP contribution in [0.15, 0.2) is 23.4 Å². The van der Waals surface area contributed by atoms with Crippen molar-refractivity contribution < 1.29 is 10.0 Å². The maximum absolute atomic E-state index is 12.7. The zero-order chi connectivity index (χ0) is 15.6. The summed E-state index contributed by atoms with van der Waals surface area (Å²) in [7, 11) is 0. The topological polar surface area (TPSA) is 87.7 Å². The lowest BCUT2D eigenvalue weighted by atomic mass is 9.67. The van der Waals surface area contributed by atoms with Crippen LogP contribution < -0.4 is 11.1 Å². The lowest BCUT2D eigenvalue weighted by molar-refractivity contribution is -0.125. The Kier molecular flexibility index (Phi) is 4.21. The second-order valence-corrected chi connectivity index (χ2v) is 6.07. The molecule has 0 unspecified atom stereocenters. The van der Waals surface area contributed by atoms with E-state index in [2.05, 4.69) is 24.3 Å². The Bertz CT molecular complexity index is 575. The molecule has 0 atom stereocenters. The molecule has 1 aliphatic rings. The summed E-state index contributed by atoms with van der Waals surface area (Å²) in [5.41, 5.74) is 7.84. The van der Waals surface area contributed by atoms with Crippen LogP contribution in [-0.4, -0.2) is 17.0 Å². The summed E-state index contributed by atoms with van der Waals surface area (Å²) in [5, 5.41) is 15.0. The van der Waals surface area contributed by atoms with Crippen molar-refractivity contribution in [3.8, 4) is 0 Å². The van der Waals surface area contributed by atoms with Gasteiger partial charge >= 0.3 is 0 Å². The lowest BCUT2D eigenvalue weighted by Crippen LogP contribution is -2.51. The first kappa shape index (κ1) is 15.4. The number of nitrogens with two attached hydrogens (primary N) is 1. The molecule has 0 saturated heterocycles. The molecule has 4 N–H and O–H groups in total. The molecule has 5 nitrogen and oxygen atoms in total. The number of nitrogens with zero attached hydrogens (tertiary/aromatic N) is 1. The van der Waals surface area contributed by atoms with E-state index in [4.69, 9.17) is 10.9 Å². The third-order valence-electron chi connectivity index (χ3n) is 4.41. The van der Waals surface area contributed by atoms with Crippen molar-refractivity contribution in [3.63, 3.8) is 0 Å². The number of benzene rings is 1. The van der Waals surface area contributed by atoms with Crippen molar-refractivity contribution in [1.29, 1.82) is 0 Å². The minimum Gasteiger partial charge on any atom is -0.409 e. The first-order chi connectivity index (χ1) is 9.92. The standard InChI is InChI=1S/C16H23N3O2/c1-10(2)12-7-4-6-11(3)13(12)18-15(20)16(8-5-9-16)14(17)19-21/h4,6-7,10,21H,5,8-9H2,1-3H3,(H2,17,19)(H,18,20). The van der Waals surface area contributed by atoms with Gasteiger partial charge in [0.25, 0.3) is 0 Å². The lowest BCUT2D eigenvalue weighted by Gasteiger charge is -2.39. The van der Waals surface area contributed by atoms with Gasteiger partial charge in [0, 0.05) is 5.69 Å². The number of hydrogen-bond acceptors (Lipinski definition) is 3. The van der Waals surface area contributed by atoms with E-state index in [1.165, 1.54) is 0 Å². The molecule has 0 aliphatic heterocycles. The van der Waals surface area contributed by atoms with E-state index in [9.17, 15) is 4.79 Å². The summed E-state index contributed by atoms with van der Waals surface area (Å²) < 4.78 is 0. The van der Waals surface area contributed by atoms with Crippen molar-refractivity contribution in [2.75, 3.05) is 5.32 Å². The van der Waals surface area contributed by atoms with Crippen LogP contribution in [0.5, 0.6) is 0 Å². The summed E-state index contributed by atoms with van der Waals surface area (Å²) in [6.07, 6.45) is 2.16. The molecule has 2 rings (SSSR count). The van der Waals surface area contributed by atoms with Crippen LogP contribution in [0.3, 0.4) is 0 Å². The van der Waals surface area contributed by atoms with E-state index in [0.717, 1.165) is 23.2 Å². The minimum atomic E-state index is -0.856. The van der Waals surface area contributed by atoms with E-state index in [1.54, 1.807) is 0 Å². The highest BCUT2D eigenvalue weighted by molar-refractivity contribution is 6.13. The third kappa shape index (κ3) is 2.60. The molecule has 0 heterocycles. The molecule has 0 spiro atoms. The van der Waals surface area contributed by atoms with Crippen molar-refractivity contribution in [2.45, 2.75) is 46.0 Å². The molecule has 1 aromatic rings. The van der Waals surface area contributed by atoms with Gasteiger partial charge in [0.15, 0.2) is 5.84 Å². The van der Waals surface area contributed by atoms with Crippen molar-refractivity contribution in [1.82, 2.24) is 0 Å². The maximum atomic E-state index is 12.7. The van der Waals surface area contributed by atoms with Gasteiger partial charge in [-0.25, -0.2) is 0 Å². The van der Waals surface area contributed by atoms with Gasteiger partial charge in [0.2, 0.25) is 5.91 Å². The van der Waals surface area contributed by atoms with Gasteiger partial charge < -0.3 is 16.3 Å². The fourth-order valence-electron chi connectivity index (χ4n) is 2.80. The van der Waals surface area contributed by atoms with Crippen molar-refractivity contribution in [3.05, 3.63) is 29.3 Å². The summed E-state index contributed by atoms with van der Waals surface area (Å²) in [4.78, 5) is 12.7. The Balaban J connectivity index is 2.32. The first-order valence-electron chi connectivity index (χ1n) is 7.31. The molecule has 21 heavy (non-hydrogen) atoms. The Hall–Kier alpha value is -2.04. The van der Waals surface area contributed by atoms with Crippen molar-refractivity contribution in [2.24, 2.45) is 16.3 Å². The zero-order valence-electron chi connectivity index (χ0n) is 12.8. The number of hydrogen-bond donors (Lipinski definition) is 3. The molecule has 1 fully saturated rings. The highest BCUT2D eigenvalue weighted by Crippen LogP contribution is 2.42. The predicted molar refractivity (Wildman–Crippen MR) is 83.6 cm³/mol. The molecule has 1 saturated carbocycles. The van der Waals surface area contributed by atoms with E-state index >= 15 is 0 Å². The van der Waals surface area contributed by atoms with Gasteiger partial charge in [0.1, 0.15) is 5.41 Å². The summed E-state index contributed by atoms with van der Waals surface area (Å²) in [6, 6.07) is 5.98. The Morgan fingerprint density at radius 1 is 1.43 bits per heavy atom. The monoisotopic (exact) mass is 289 g/mol. The Morgan fingerprint density at radius 2 is 2.10 bits per heavy atom. The largest absolute Gasteiger partial charge is 0.409 e. The molecular weight excluding hydrogens is 266 g/mol. The van der Waals surface area contributed by atoms with Crippen LogP contribution in [-0.2, 0) is 4.79 Å². The van der Waals surface area contributed by atoms with E-state index in [1.807, 2.05) is 25.1 Å². The predicted octanol–water partition coefficient (Wildman–Crippen LogP) is 2.97. The smallest absolute Gasteiger partial charge is 0.238 e. The molecule has 0 aromatic heterocycles. The average Bonchev–Trinajstić information content (AvgIpc) is 2.39. The number of carbonyl (C=O) groups is 1. The van der Waals surface area contributed by atoms with Crippen LogP contribution in [0.25, 0.3) is 0 Å². The summed E-state index contributed by atoms with van der Waals surface area (Å²) in [6.45, 7) is 6.15. The van der Waals surface area contributed by atoms with Gasteiger partial charge in [-0.3, -0.25) is 4.79 Å². The average molecular weight is 289 g/mol. The second-order valence-electron chi connectivity index (χ2n) is 6.07. The summed E-state index contributed by atoms with van der Waals surface area (Å²) in [5.74, 6) is 0.132. The van der Waals surface area contributed by atoms with Gasteiger partial charge in [0.05, 0.1) is 0 Å². The zero-order valence-corrected chi connectivity index (χ0v) is 12.8. The molecule has 0 bridgehead atoms. The quantitative estimate of drug-likeness (QED) is 0.344. The van der Waals surface area contributed by atoms with Crippen LogP contribution in [0.2, 0.25) is 0 Å². The molecular formula is C16H23N3O2. The van der Waals surface area contributed by atoms with Gasteiger partial charge in [-0.15, -0.1) is 0 Å². The Labute approximate surface area is 125 Å². The second kappa shape index (κ2) is 5.76. The SMILES string of the molecule is Cc1cccc(C(C)C)c1NC(=O)C1(/C(N)=N/O)CCC1. The van der Waals surface area contributed by atoms with Crippen molar-refractivity contribution >= 4 is 17.4 Å². The number of para-hydroxylation sites is 1. The molecule has 5 heteroatoms. The van der Waals surface area contributed by atoms with Crippen LogP contribution in [0.1, 0.15) is 50.2 Å². The fourth-order valence-corrected chi connectivity index (χ4v) is 2.80. The van der Waals surface area contributed by atoms with Gasteiger partial charge in [-0.2, -0.15) is 0 Å². The number of nitrogens with one attached hydrogen (secondary N) is 1. The fraction of sp³-hybridized carbons (Fsp3) is 0.500. The Morgan fingerprint density at radius 3 is 2.57 bits per heavy atom. The van der Waals surface area contributed by atoms with E-state index in [0.29, 0.717) is 18.8 Å². The third-order valence-corrected chi connectivity index (χ3v) is 4.41. The first-order valence-corrected chi connectivity index (χ1v) is 7.31. The van der Waals surface area contributed by atoms with Crippen LogP contribution >= 0.6 is 0 Å². The number of rotatable bonds is 4. The number of aryl methyl sites for hydroxylation is 1. The number of oxime groups is 1. The van der Waals surface area contributed by atoms with Crippen LogP contribution in [0, 0.1) is 12.3 Å². The molecule has 1 aromatic carbocycles. The number of carbonyl (C=O) groups excluding carboxylic acids is 1. The maximum Gasteiger partial charge on any atom is 0.238 e. The number of anilines is 1. The molecule has 1 amide bonds. The van der Waals surface area contributed by atoms with E-state index < -0.39 is 5.41 Å². The van der Waals surface area contributed by atoms with Gasteiger partial charge in [-0.05, 0) is 36.8 Å². The number of amidine groups is 1. The highest BCUT2D eigenvalue weighted by atomic mass is 16.4. The van der Waals surface area contributed by atoms with Gasteiger partial charge in [-0.1, -0.05) is 43.6 Å². The molecule has 1 aliphatic carbocycles. The minimum absolute atomic E-state index is 0.00549. The highest BCUT2D eigenvalue weighted by Gasteiger charge is 2.48.